The zero-order chi connectivity index (χ0) is 21.5. The fourth-order valence-electron chi connectivity index (χ4n) is 3.09. The SMILES string of the molecule is CC(NC(=O)COc1ccc(Oc2ccccc2)cc1)c1ccc(-n2ccnc2)cc1. The predicted molar refractivity (Wildman–Crippen MR) is 119 cm³/mol. The number of imidazole rings is 1. The average molecular weight is 413 g/mol. The Balaban J connectivity index is 1.26. The van der Waals surface area contributed by atoms with Gasteiger partial charge in [0.15, 0.2) is 6.61 Å². The molecule has 0 saturated heterocycles. The number of hydrogen-bond acceptors (Lipinski definition) is 4. The van der Waals surface area contributed by atoms with Gasteiger partial charge in [0.1, 0.15) is 17.2 Å². The first-order valence-corrected chi connectivity index (χ1v) is 10.0. The highest BCUT2D eigenvalue weighted by molar-refractivity contribution is 5.78. The molecule has 0 fully saturated rings. The molecular weight excluding hydrogens is 390 g/mol. The van der Waals surface area contributed by atoms with Gasteiger partial charge in [0, 0.05) is 18.1 Å². The molecule has 6 heteroatoms. The number of ether oxygens (including phenoxy) is 2. The van der Waals surface area contributed by atoms with Gasteiger partial charge in [-0.3, -0.25) is 4.79 Å². The molecule has 4 rings (SSSR count). The molecule has 1 N–H and O–H groups in total. The van der Waals surface area contributed by atoms with Gasteiger partial charge in [-0.05, 0) is 61.0 Å². The quantitative estimate of drug-likeness (QED) is 0.445. The van der Waals surface area contributed by atoms with Gasteiger partial charge >= 0.3 is 0 Å². The number of amides is 1. The second-order valence-electron chi connectivity index (χ2n) is 7.03. The van der Waals surface area contributed by atoms with Gasteiger partial charge in [0.05, 0.1) is 12.4 Å². The van der Waals surface area contributed by atoms with Crippen LogP contribution in [0.3, 0.4) is 0 Å². The standard InChI is InChI=1S/C25H23N3O3/c1-19(20-7-9-21(10-8-20)28-16-15-26-18-28)27-25(29)17-30-22-11-13-24(14-12-22)31-23-5-3-2-4-6-23/h2-16,18-19H,17H2,1H3,(H,27,29). The minimum absolute atomic E-state index is 0.0592. The predicted octanol–water partition coefficient (Wildman–Crippen LogP) is 4.92. The van der Waals surface area contributed by atoms with Crippen LogP contribution in [0.15, 0.2) is 97.6 Å². The van der Waals surface area contributed by atoms with Crippen LogP contribution in [0.4, 0.5) is 0 Å². The molecule has 0 aliphatic rings. The first-order chi connectivity index (χ1) is 15.2. The Morgan fingerprint density at radius 1 is 0.935 bits per heavy atom. The van der Waals surface area contributed by atoms with Gasteiger partial charge in [-0.1, -0.05) is 30.3 Å². The fraction of sp³-hybridized carbons (Fsp3) is 0.120. The summed E-state index contributed by atoms with van der Waals surface area (Å²) in [5.41, 5.74) is 2.03. The van der Waals surface area contributed by atoms with E-state index in [0.29, 0.717) is 11.5 Å². The van der Waals surface area contributed by atoms with E-state index in [-0.39, 0.29) is 18.6 Å². The Bertz CT molecular complexity index is 1090. The van der Waals surface area contributed by atoms with E-state index >= 15 is 0 Å². The van der Waals surface area contributed by atoms with Gasteiger partial charge in [0.2, 0.25) is 0 Å². The minimum Gasteiger partial charge on any atom is -0.484 e. The van der Waals surface area contributed by atoms with Crippen LogP contribution in [-0.4, -0.2) is 22.1 Å². The molecule has 3 aromatic carbocycles. The average Bonchev–Trinajstić information content (AvgIpc) is 3.34. The zero-order valence-electron chi connectivity index (χ0n) is 17.1. The Labute approximate surface area is 181 Å². The minimum atomic E-state index is -0.184. The van der Waals surface area contributed by atoms with E-state index in [4.69, 9.17) is 9.47 Å². The molecule has 0 aliphatic carbocycles. The summed E-state index contributed by atoms with van der Waals surface area (Å²) in [6.45, 7) is 1.89. The number of rotatable bonds is 8. The largest absolute Gasteiger partial charge is 0.484 e. The molecule has 0 bridgehead atoms. The van der Waals surface area contributed by atoms with Crippen molar-refractivity contribution >= 4 is 5.91 Å². The maximum Gasteiger partial charge on any atom is 0.258 e. The van der Waals surface area contributed by atoms with E-state index in [1.807, 2.05) is 84.4 Å². The van der Waals surface area contributed by atoms with Gasteiger partial charge in [-0.25, -0.2) is 4.98 Å². The van der Waals surface area contributed by atoms with Gasteiger partial charge in [-0.15, -0.1) is 0 Å². The second-order valence-corrected chi connectivity index (χ2v) is 7.03. The summed E-state index contributed by atoms with van der Waals surface area (Å²) in [4.78, 5) is 16.3. The molecule has 1 heterocycles. The first-order valence-electron chi connectivity index (χ1n) is 10.0. The van der Waals surface area contributed by atoms with Gasteiger partial charge < -0.3 is 19.4 Å². The van der Waals surface area contributed by atoms with Gasteiger partial charge in [-0.2, -0.15) is 0 Å². The van der Waals surface area contributed by atoms with E-state index in [0.717, 1.165) is 17.0 Å². The van der Waals surface area contributed by atoms with Crippen molar-refractivity contribution in [2.75, 3.05) is 6.61 Å². The Kier molecular flexibility index (Phi) is 6.28. The second kappa shape index (κ2) is 9.63. The number of para-hydroxylation sites is 1. The van der Waals surface area contributed by atoms with Crippen molar-refractivity contribution < 1.29 is 14.3 Å². The number of aromatic nitrogens is 2. The monoisotopic (exact) mass is 413 g/mol. The lowest BCUT2D eigenvalue weighted by Crippen LogP contribution is -2.31. The summed E-state index contributed by atoms with van der Waals surface area (Å²) in [6, 6.07) is 24.6. The topological polar surface area (TPSA) is 65.4 Å². The van der Waals surface area contributed by atoms with Crippen molar-refractivity contribution in [2.45, 2.75) is 13.0 Å². The molecular formula is C25H23N3O3. The first kappa shape index (κ1) is 20.2. The van der Waals surface area contributed by atoms with Crippen LogP contribution in [0.2, 0.25) is 0 Å². The van der Waals surface area contributed by atoms with E-state index in [1.165, 1.54) is 0 Å². The summed E-state index contributed by atoms with van der Waals surface area (Å²) in [6.07, 6.45) is 5.37. The highest BCUT2D eigenvalue weighted by Crippen LogP contribution is 2.23. The zero-order valence-corrected chi connectivity index (χ0v) is 17.1. The van der Waals surface area contributed by atoms with Crippen molar-refractivity contribution in [2.24, 2.45) is 0 Å². The molecule has 0 aliphatic heterocycles. The molecule has 156 valence electrons. The number of hydrogen-bond donors (Lipinski definition) is 1. The van der Waals surface area contributed by atoms with E-state index in [9.17, 15) is 4.79 Å². The third kappa shape index (κ3) is 5.51. The van der Waals surface area contributed by atoms with Crippen molar-refractivity contribution in [1.29, 1.82) is 0 Å². The molecule has 0 spiro atoms. The van der Waals surface area contributed by atoms with Crippen LogP contribution in [0, 0.1) is 0 Å². The Hall–Kier alpha value is -4.06. The lowest BCUT2D eigenvalue weighted by Gasteiger charge is -2.15. The fourth-order valence-corrected chi connectivity index (χ4v) is 3.09. The van der Waals surface area contributed by atoms with Crippen LogP contribution >= 0.6 is 0 Å². The highest BCUT2D eigenvalue weighted by Gasteiger charge is 2.11. The van der Waals surface area contributed by atoms with Crippen LogP contribution in [0.1, 0.15) is 18.5 Å². The molecule has 1 atom stereocenters. The number of carbonyl (C=O) groups excluding carboxylic acids is 1. The molecule has 1 amide bonds. The lowest BCUT2D eigenvalue weighted by molar-refractivity contribution is -0.123. The third-order valence-electron chi connectivity index (χ3n) is 4.75. The maximum absolute atomic E-state index is 12.3. The van der Waals surface area contributed by atoms with E-state index < -0.39 is 0 Å². The van der Waals surface area contributed by atoms with E-state index in [1.54, 1.807) is 24.7 Å². The number of benzene rings is 3. The molecule has 1 aromatic heterocycles. The smallest absolute Gasteiger partial charge is 0.258 e. The maximum atomic E-state index is 12.3. The van der Waals surface area contributed by atoms with Crippen molar-refractivity contribution in [3.63, 3.8) is 0 Å². The summed E-state index contributed by atoms with van der Waals surface area (Å²) in [5.74, 6) is 1.89. The molecule has 0 saturated carbocycles. The summed E-state index contributed by atoms with van der Waals surface area (Å²) >= 11 is 0. The number of nitrogens with zero attached hydrogens (tertiary/aromatic N) is 2. The highest BCUT2D eigenvalue weighted by atomic mass is 16.5. The molecule has 4 aromatic rings. The van der Waals surface area contributed by atoms with Crippen molar-refractivity contribution in [3.8, 4) is 22.9 Å². The number of carbonyl (C=O) groups is 1. The molecule has 0 radical (unpaired) electrons. The van der Waals surface area contributed by atoms with Crippen LogP contribution in [-0.2, 0) is 4.79 Å². The summed E-state index contributed by atoms with van der Waals surface area (Å²) < 4.78 is 13.3. The van der Waals surface area contributed by atoms with Crippen LogP contribution in [0.25, 0.3) is 5.69 Å². The molecule has 6 nitrogen and oxygen atoms in total. The number of nitrogens with one attached hydrogen (secondary N) is 1. The summed E-state index contributed by atoms with van der Waals surface area (Å²) in [5, 5.41) is 2.96. The van der Waals surface area contributed by atoms with Crippen LogP contribution < -0.4 is 14.8 Å². The normalized spacial score (nSPS) is 11.5. The third-order valence-corrected chi connectivity index (χ3v) is 4.75. The Morgan fingerprint density at radius 2 is 1.61 bits per heavy atom. The van der Waals surface area contributed by atoms with Crippen molar-refractivity contribution in [1.82, 2.24) is 14.9 Å². The van der Waals surface area contributed by atoms with Gasteiger partial charge in [0.25, 0.3) is 5.91 Å². The molecule has 31 heavy (non-hydrogen) atoms. The van der Waals surface area contributed by atoms with Crippen LogP contribution in [0.5, 0.6) is 17.2 Å². The molecule has 1 unspecified atom stereocenters. The summed E-state index contributed by atoms with van der Waals surface area (Å²) in [7, 11) is 0. The lowest BCUT2D eigenvalue weighted by atomic mass is 10.1. The van der Waals surface area contributed by atoms with E-state index in [2.05, 4.69) is 10.3 Å². The van der Waals surface area contributed by atoms with Crippen molar-refractivity contribution in [3.05, 3.63) is 103 Å². The Morgan fingerprint density at radius 3 is 2.29 bits per heavy atom.